The van der Waals surface area contributed by atoms with Crippen molar-refractivity contribution in [2.24, 2.45) is 0 Å². The van der Waals surface area contributed by atoms with Crippen LogP contribution in [0.1, 0.15) is 16.1 Å². The van der Waals surface area contributed by atoms with Crippen LogP contribution in [0.3, 0.4) is 0 Å². The normalized spacial score (nSPS) is 9.64. The van der Waals surface area contributed by atoms with Crippen molar-refractivity contribution in [2.75, 3.05) is 25.5 Å². The van der Waals surface area contributed by atoms with Gasteiger partial charge in [-0.2, -0.15) is 5.26 Å². The Morgan fingerprint density at radius 3 is 2.86 bits per heavy atom. The number of carbonyl (C=O) groups excluding carboxylic acids is 1. The summed E-state index contributed by atoms with van der Waals surface area (Å²) in [5.74, 6) is 0.494. The highest BCUT2D eigenvalue weighted by Gasteiger charge is 2.05. The number of anilines is 1. The van der Waals surface area contributed by atoms with Crippen molar-refractivity contribution in [2.45, 2.75) is 0 Å². The lowest BCUT2D eigenvalue weighted by atomic mass is 10.2. The third-order valence-corrected chi connectivity index (χ3v) is 2.95. The number of benzene rings is 1. The van der Waals surface area contributed by atoms with E-state index in [9.17, 15) is 4.79 Å². The van der Waals surface area contributed by atoms with Gasteiger partial charge >= 0.3 is 0 Å². The second-order valence-electron chi connectivity index (χ2n) is 4.46. The quantitative estimate of drug-likeness (QED) is 0.794. The molecule has 1 aromatic carbocycles. The summed E-state index contributed by atoms with van der Waals surface area (Å²) in [5, 5.41) is 14.6. The monoisotopic (exact) mass is 296 g/mol. The van der Waals surface area contributed by atoms with Crippen molar-refractivity contribution in [1.82, 2.24) is 10.3 Å². The van der Waals surface area contributed by atoms with Gasteiger partial charge in [0.1, 0.15) is 17.5 Å². The summed E-state index contributed by atoms with van der Waals surface area (Å²) in [4.78, 5) is 15.9. The van der Waals surface area contributed by atoms with E-state index in [1.807, 2.05) is 6.07 Å². The first-order valence-electron chi connectivity index (χ1n) is 6.75. The Kier molecular flexibility index (Phi) is 5.32. The van der Waals surface area contributed by atoms with E-state index < -0.39 is 0 Å². The fourth-order valence-corrected chi connectivity index (χ4v) is 1.81. The summed E-state index contributed by atoms with van der Waals surface area (Å²) in [6.07, 6.45) is 1.59. The Balaban J connectivity index is 1.78. The molecule has 0 aliphatic carbocycles. The Bertz CT molecular complexity index is 677. The highest BCUT2D eigenvalue weighted by atomic mass is 16.5. The van der Waals surface area contributed by atoms with E-state index in [-0.39, 0.29) is 5.91 Å². The number of amides is 1. The van der Waals surface area contributed by atoms with Crippen LogP contribution in [0.15, 0.2) is 42.6 Å². The zero-order valence-electron chi connectivity index (χ0n) is 12.2. The van der Waals surface area contributed by atoms with Crippen molar-refractivity contribution < 1.29 is 9.53 Å². The lowest BCUT2D eigenvalue weighted by Crippen LogP contribution is -2.28. The molecule has 0 saturated carbocycles. The maximum atomic E-state index is 12.0. The van der Waals surface area contributed by atoms with Crippen molar-refractivity contribution in [3.63, 3.8) is 0 Å². The van der Waals surface area contributed by atoms with Gasteiger partial charge < -0.3 is 15.4 Å². The zero-order chi connectivity index (χ0) is 15.8. The molecular formula is C16H16N4O2. The van der Waals surface area contributed by atoms with E-state index in [0.717, 1.165) is 5.69 Å². The third kappa shape index (κ3) is 4.21. The van der Waals surface area contributed by atoms with Crippen LogP contribution in [0.4, 0.5) is 5.69 Å². The third-order valence-electron chi connectivity index (χ3n) is 2.95. The highest BCUT2D eigenvalue weighted by molar-refractivity contribution is 5.94. The number of hydrogen-bond donors (Lipinski definition) is 2. The molecule has 2 rings (SSSR count). The Morgan fingerprint density at radius 1 is 1.32 bits per heavy atom. The van der Waals surface area contributed by atoms with Crippen LogP contribution >= 0.6 is 0 Å². The standard InChI is InChI=1S/C16H16N4O2/c1-22-15-4-2-3-12(9-15)16(21)19-8-7-18-14-6-5-13(10-17)20-11-14/h2-6,9,11,18H,7-8H2,1H3,(H,19,21). The molecule has 0 spiro atoms. The van der Waals surface area contributed by atoms with Crippen molar-refractivity contribution in [1.29, 1.82) is 5.26 Å². The first-order valence-corrected chi connectivity index (χ1v) is 6.75. The minimum absolute atomic E-state index is 0.154. The topological polar surface area (TPSA) is 87.0 Å². The molecule has 2 aromatic rings. The molecule has 0 atom stereocenters. The van der Waals surface area contributed by atoms with E-state index >= 15 is 0 Å². The highest BCUT2D eigenvalue weighted by Crippen LogP contribution is 2.12. The van der Waals surface area contributed by atoms with Gasteiger partial charge in [-0.25, -0.2) is 4.98 Å². The minimum Gasteiger partial charge on any atom is -0.497 e. The molecule has 0 radical (unpaired) electrons. The lowest BCUT2D eigenvalue weighted by Gasteiger charge is -2.08. The molecule has 0 fully saturated rings. The van der Waals surface area contributed by atoms with Gasteiger partial charge in [0.15, 0.2) is 0 Å². The van der Waals surface area contributed by atoms with Crippen LogP contribution in [-0.4, -0.2) is 31.1 Å². The Labute approximate surface area is 128 Å². The average molecular weight is 296 g/mol. The zero-order valence-corrected chi connectivity index (χ0v) is 12.2. The Morgan fingerprint density at radius 2 is 2.18 bits per heavy atom. The molecule has 0 aliphatic rings. The molecule has 0 aliphatic heterocycles. The van der Waals surface area contributed by atoms with Gasteiger partial charge in [-0.15, -0.1) is 0 Å². The number of nitriles is 1. The minimum atomic E-state index is -0.154. The first-order chi connectivity index (χ1) is 10.7. The predicted octanol–water partition coefficient (Wildman–Crippen LogP) is 1.80. The molecule has 6 heteroatoms. The van der Waals surface area contributed by atoms with Crippen LogP contribution in [0.25, 0.3) is 0 Å². The van der Waals surface area contributed by atoms with Crippen LogP contribution in [0, 0.1) is 11.3 Å². The van der Waals surface area contributed by atoms with Gasteiger partial charge in [-0.1, -0.05) is 6.07 Å². The second kappa shape index (κ2) is 7.64. The van der Waals surface area contributed by atoms with Crippen molar-refractivity contribution in [3.05, 3.63) is 53.9 Å². The maximum absolute atomic E-state index is 12.0. The summed E-state index contributed by atoms with van der Waals surface area (Å²) in [6, 6.07) is 12.3. The Hall–Kier alpha value is -3.07. The molecule has 1 heterocycles. The number of hydrogen-bond acceptors (Lipinski definition) is 5. The van der Waals surface area contributed by atoms with E-state index in [1.54, 1.807) is 49.7 Å². The summed E-state index contributed by atoms with van der Waals surface area (Å²) in [5.41, 5.74) is 1.73. The number of rotatable bonds is 6. The summed E-state index contributed by atoms with van der Waals surface area (Å²) >= 11 is 0. The largest absolute Gasteiger partial charge is 0.497 e. The molecule has 0 saturated heterocycles. The van der Waals surface area contributed by atoms with Crippen LogP contribution in [-0.2, 0) is 0 Å². The number of nitrogens with zero attached hydrogens (tertiary/aromatic N) is 2. The fourth-order valence-electron chi connectivity index (χ4n) is 1.81. The summed E-state index contributed by atoms with van der Waals surface area (Å²) in [6.45, 7) is 1.03. The molecule has 22 heavy (non-hydrogen) atoms. The van der Waals surface area contributed by atoms with Crippen molar-refractivity contribution >= 4 is 11.6 Å². The second-order valence-corrected chi connectivity index (χ2v) is 4.46. The van der Waals surface area contributed by atoms with Gasteiger partial charge in [0.25, 0.3) is 5.91 Å². The molecule has 6 nitrogen and oxygen atoms in total. The number of carbonyl (C=O) groups is 1. The van der Waals surface area contributed by atoms with E-state index in [2.05, 4.69) is 15.6 Å². The fraction of sp³-hybridized carbons (Fsp3) is 0.188. The van der Waals surface area contributed by atoms with E-state index in [0.29, 0.717) is 30.1 Å². The number of pyridine rings is 1. The predicted molar refractivity (Wildman–Crippen MR) is 82.8 cm³/mol. The van der Waals surface area contributed by atoms with Gasteiger partial charge in [0.05, 0.1) is 19.0 Å². The number of ether oxygens (including phenoxy) is 1. The summed E-state index contributed by atoms with van der Waals surface area (Å²) in [7, 11) is 1.56. The van der Waals surface area contributed by atoms with Gasteiger partial charge in [0, 0.05) is 18.7 Å². The smallest absolute Gasteiger partial charge is 0.251 e. The van der Waals surface area contributed by atoms with Crippen molar-refractivity contribution in [3.8, 4) is 11.8 Å². The van der Waals surface area contributed by atoms with Crippen LogP contribution in [0.5, 0.6) is 5.75 Å². The van der Waals surface area contributed by atoms with E-state index in [4.69, 9.17) is 10.00 Å². The van der Waals surface area contributed by atoms with Crippen LogP contribution in [0.2, 0.25) is 0 Å². The molecule has 0 bridgehead atoms. The van der Waals surface area contributed by atoms with Gasteiger partial charge in [0.2, 0.25) is 0 Å². The molecular weight excluding hydrogens is 280 g/mol. The first kappa shape index (κ1) is 15.3. The van der Waals surface area contributed by atoms with Gasteiger partial charge in [-0.05, 0) is 30.3 Å². The molecule has 0 unspecified atom stereocenters. The van der Waals surface area contributed by atoms with Crippen LogP contribution < -0.4 is 15.4 Å². The molecule has 112 valence electrons. The number of aromatic nitrogens is 1. The molecule has 1 amide bonds. The molecule has 1 aromatic heterocycles. The SMILES string of the molecule is COc1cccc(C(=O)NCCNc2ccc(C#N)nc2)c1. The lowest BCUT2D eigenvalue weighted by molar-refractivity contribution is 0.0955. The number of methoxy groups -OCH3 is 1. The summed E-state index contributed by atoms with van der Waals surface area (Å²) < 4.78 is 5.09. The van der Waals surface area contributed by atoms with E-state index in [1.165, 1.54) is 0 Å². The average Bonchev–Trinajstić information content (AvgIpc) is 2.59. The molecule has 2 N–H and O–H groups in total. The van der Waals surface area contributed by atoms with Gasteiger partial charge in [-0.3, -0.25) is 4.79 Å². The number of nitrogens with one attached hydrogen (secondary N) is 2. The maximum Gasteiger partial charge on any atom is 0.251 e.